The summed E-state index contributed by atoms with van der Waals surface area (Å²) in [5.41, 5.74) is 5.90. The number of morpholine rings is 1. The van der Waals surface area contributed by atoms with E-state index < -0.39 is 65.0 Å². The van der Waals surface area contributed by atoms with Crippen LogP contribution in [-0.4, -0.2) is 84.2 Å². The van der Waals surface area contributed by atoms with Gasteiger partial charge in [-0.1, -0.05) is 97.5 Å². The van der Waals surface area contributed by atoms with Crippen LogP contribution in [-0.2, 0) is 34.0 Å². The van der Waals surface area contributed by atoms with E-state index in [2.05, 4.69) is 11.8 Å². The van der Waals surface area contributed by atoms with Crippen molar-refractivity contribution in [3.63, 3.8) is 0 Å². The van der Waals surface area contributed by atoms with Crippen molar-refractivity contribution < 1.29 is 48.3 Å². The Kier molecular flexibility index (Phi) is 12.0. The lowest BCUT2D eigenvalue weighted by Gasteiger charge is -2.46. The maximum Gasteiger partial charge on any atom is 0.421 e. The summed E-state index contributed by atoms with van der Waals surface area (Å²) < 4.78 is 22.8. The van der Waals surface area contributed by atoms with Crippen LogP contribution >= 0.6 is 0 Å². The van der Waals surface area contributed by atoms with Gasteiger partial charge in [0, 0.05) is 12.7 Å². The second-order valence-electron chi connectivity index (χ2n) is 16.0. The highest BCUT2D eigenvalue weighted by atomic mass is 16.6. The third-order valence-corrected chi connectivity index (χ3v) is 12.4. The molecule has 2 saturated heterocycles. The number of aliphatic hydroxyl groups excluding tert-OH is 1. The Morgan fingerprint density at radius 1 is 0.836 bits per heavy atom. The van der Waals surface area contributed by atoms with Gasteiger partial charge in [0.2, 0.25) is 11.8 Å². The SMILES string of the molecule is COCCOC(=O)N1C(=O)[C@@]2(c3cc(C#CC4(O)CCCCCC4)ccc31)[C@H](C(N)=O)[C@H]1C(=O)O[C@H](c3ccccc3)[C@H](c3ccccc3)N1[C@@H]2c1ccc(OCCO)cc1. The lowest BCUT2D eigenvalue weighted by atomic mass is 9.65. The van der Waals surface area contributed by atoms with E-state index in [4.69, 9.17) is 24.7 Å². The fraction of sp³-hybridized carbons (Fsp3) is 0.375. The fourth-order valence-corrected chi connectivity index (χ4v) is 9.81. The number of cyclic esters (lactones) is 1. The van der Waals surface area contributed by atoms with Gasteiger partial charge in [0.1, 0.15) is 42.1 Å². The molecule has 1 saturated carbocycles. The van der Waals surface area contributed by atoms with Crippen LogP contribution in [0.4, 0.5) is 10.5 Å². The predicted octanol–water partition coefficient (Wildman–Crippen LogP) is 5.43. The number of methoxy groups -OCH3 is 1. The van der Waals surface area contributed by atoms with Gasteiger partial charge in [0.25, 0.3) is 0 Å². The van der Waals surface area contributed by atoms with Crippen molar-refractivity contribution in [2.45, 2.75) is 73.8 Å². The number of hydrogen-bond acceptors (Lipinski definition) is 11. The maximum absolute atomic E-state index is 15.9. The van der Waals surface area contributed by atoms with E-state index in [0.29, 0.717) is 35.3 Å². The van der Waals surface area contributed by atoms with Crippen molar-refractivity contribution in [1.29, 1.82) is 0 Å². The summed E-state index contributed by atoms with van der Waals surface area (Å²) in [4.78, 5) is 62.2. The molecular formula is C48H49N3O10. The molecule has 3 fully saturated rings. The van der Waals surface area contributed by atoms with Crippen molar-refractivity contribution in [2.24, 2.45) is 11.7 Å². The number of esters is 1. The third-order valence-electron chi connectivity index (χ3n) is 12.4. The van der Waals surface area contributed by atoms with Crippen LogP contribution in [0.3, 0.4) is 0 Å². The molecule has 3 amide bonds. The van der Waals surface area contributed by atoms with Crippen LogP contribution in [0.5, 0.6) is 5.75 Å². The zero-order chi connectivity index (χ0) is 42.7. The van der Waals surface area contributed by atoms with Crippen molar-refractivity contribution in [1.82, 2.24) is 4.90 Å². The molecule has 0 bridgehead atoms. The van der Waals surface area contributed by atoms with Crippen molar-refractivity contribution in [3.8, 4) is 17.6 Å². The van der Waals surface area contributed by atoms with E-state index in [-0.39, 0.29) is 37.7 Å². The molecule has 0 aromatic heterocycles. The number of carbonyl (C=O) groups is 4. The molecule has 8 rings (SSSR count). The summed E-state index contributed by atoms with van der Waals surface area (Å²) in [5.74, 6) is 2.56. The molecule has 4 aromatic rings. The minimum Gasteiger partial charge on any atom is -0.491 e. The number of imide groups is 1. The first-order chi connectivity index (χ1) is 29.6. The smallest absolute Gasteiger partial charge is 0.421 e. The minimum atomic E-state index is -2.05. The van der Waals surface area contributed by atoms with Gasteiger partial charge in [0.05, 0.1) is 36.9 Å². The Hall–Kier alpha value is -6.04. The predicted molar refractivity (Wildman–Crippen MR) is 223 cm³/mol. The van der Waals surface area contributed by atoms with Crippen LogP contribution in [0.1, 0.15) is 84.5 Å². The highest BCUT2D eigenvalue weighted by Gasteiger charge is 2.75. The molecule has 1 aliphatic carbocycles. The molecule has 4 N–H and O–H groups in total. The zero-order valence-corrected chi connectivity index (χ0v) is 33.9. The summed E-state index contributed by atoms with van der Waals surface area (Å²) >= 11 is 0. The van der Waals surface area contributed by atoms with Crippen molar-refractivity contribution in [3.05, 3.63) is 131 Å². The van der Waals surface area contributed by atoms with Crippen molar-refractivity contribution >= 4 is 29.6 Å². The molecule has 0 unspecified atom stereocenters. The second-order valence-corrected chi connectivity index (χ2v) is 16.0. The van der Waals surface area contributed by atoms with Crippen LogP contribution in [0.25, 0.3) is 0 Å². The number of amides is 3. The standard InChI is InChI=1S/C48H49N3O10/c1-58-28-29-60-46(56)50-37-21-16-31(22-25-47(57)23-10-2-3-11-24-47)30-36(37)48(45(50)55)38(43(49)53)40-44(54)61-41(33-14-8-5-9-15-33)39(32-12-6-4-7-13-32)51(40)42(48)34-17-19-35(20-18-34)59-27-26-52/h4-9,12-21,30,38-42,52,57H,2-3,10-11,23-24,26-29H2,1H3,(H2,49,53)/t38-,39-,40-,41+,42+,48-/m0/s1. The monoisotopic (exact) mass is 827 g/mol. The lowest BCUT2D eigenvalue weighted by molar-refractivity contribution is -0.178. The third kappa shape index (κ3) is 7.54. The molecule has 0 radical (unpaired) electrons. The average Bonchev–Trinajstić information content (AvgIpc) is 3.61. The number of nitrogens with two attached hydrogens (primary N) is 1. The quantitative estimate of drug-likeness (QED) is 0.0804. The summed E-state index contributed by atoms with van der Waals surface area (Å²) in [5, 5.41) is 21.0. The molecule has 316 valence electrons. The molecule has 4 aliphatic rings. The van der Waals surface area contributed by atoms with E-state index >= 15 is 4.79 Å². The summed E-state index contributed by atoms with van der Waals surface area (Å²) in [7, 11) is 1.45. The Morgan fingerprint density at radius 2 is 1.51 bits per heavy atom. The number of rotatable bonds is 10. The molecule has 61 heavy (non-hydrogen) atoms. The molecule has 6 atom stereocenters. The largest absolute Gasteiger partial charge is 0.491 e. The zero-order valence-electron chi connectivity index (χ0n) is 33.9. The second kappa shape index (κ2) is 17.5. The number of anilines is 1. The van der Waals surface area contributed by atoms with E-state index in [0.717, 1.165) is 36.1 Å². The summed E-state index contributed by atoms with van der Waals surface area (Å²) in [6.45, 7) is -0.287. The van der Waals surface area contributed by atoms with Crippen LogP contribution in [0, 0.1) is 17.8 Å². The van der Waals surface area contributed by atoms with E-state index in [1.54, 1.807) is 42.5 Å². The minimum absolute atomic E-state index is 0.0380. The molecule has 3 aliphatic heterocycles. The van der Waals surface area contributed by atoms with Gasteiger partial charge in [-0.25, -0.2) is 9.69 Å². The van der Waals surface area contributed by atoms with Gasteiger partial charge in [-0.15, -0.1) is 0 Å². The van der Waals surface area contributed by atoms with Gasteiger partial charge < -0.3 is 34.9 Å². The number of ether oxygens (including phenoxy) is 4. The number of aliphatic hydroxyl groups is 2. The van der Waals surface area contributed by atoms with Crippen LogP contribution < -0.4 is 15.4 Å². The Morgan fingerprint density at radius 3 is 2.15 bits per heavy atom. The van der Waals surface area contributed by atoms with E-state index in [1.807, 2.05) is 65.6 Å². The molecule has 3 heterocycles. The van der Waals surface area contributed by atoms with E-state index in [1.165, 1.54) is 7.11 Å². The molecular weight excluding hydrogens is 779 g/mol. The van der Waals surface area contributed by atoms with Gasteiger partial charge >= 0.3 is 12.1 Å². The first-order valence-corrected chi connectivity index (χ1v) is 20.7. The number of hydrogen-bond donors (Lipinski definition) is 3. The van der Waals surface area contributed by atoms with Crippen molar-refractivity contribution in [2.75, 3.05) is 38.4 Å². The van der Waals surface area contributed by atoms with Crippen LogP contribution in [0.2, 0.25) is 0 Å². The Balaban J connectivity index is 1.41. The molecule has 1 spiro atoms. The molecule has 13 heteroatoms. The Labute approximate surface area is 354 Å². The molecule has 4 aromatic carbocycles. The summed E-state index contributed by atoms with van der Waals surface area (Å²) in [6, 6.07) is 27.1. The normalized spacial score (nSPS) is 25.4. The average molecular weight is 828 g/mol. The highest BCUT2D eigenvalue weighted by Crippen LogP contribution is 2.65. The van der Waals surface area contributed by atoms with Gasteiger partial charge in [-0.3, -0.25) is 19.3 Å². The first-order valence-electron chi connectivity index (χ1n) is 20.7. The number of carbonyl (C=O) groups excluding carboxylic acids is 4. The van der Waals surface area contributed by atoms with Gasteiger partial charge in [-0.2, -0.15) is 0 Å². The number of fused-ring (bicyclic) bond motifs is 3. The highest BCUT2D eigenvalue weighted by molar-refractivity contribution is 6.23. The number of primary amides is 1. The number of benzene rings is 4. The van der Waals surface area contributed by atoms with Crippen LogP contribution in [0.15, 0.2) is 103 Å². The van der Waals surface area contributed by atoms with Gasteiger partial charge in [-0.05, 0) is 78.3 Å². The first kappa shape index (κ1) is 41.7. The Bertz CT molecular complexity index is 2320. The van der Waals surface area contributed by atoms with Gasteiger partial charge in [0.15, 0.2) is 0 Å². The number of nitrogens with zero attached hydrogens (tertiary/aromatic N) is 2. The maximum atomic E-state index is 15.9. The molecule has 13 nitrogen and oxygen atoms in total. The lowest BCUT2D eigenvalue weighted by Crippen LogP contribution is -2.55. The topological polar surface area (TPSA) is 178 Å². The van der Waals surface area contributed by atoms with E-state index in [9.17, 15) is 24.6 Å². The summed E-state index contributed by atoms with van der Waals surface area (Å²) in [6.07, 6.45) is 2.79. The fourth-order valence-electron chi connectivity index (χ4n) is 9.81.